The van der Waals surface area contributed by atoms with E-state index in [9.17, 15) is 0 Å². The van der Waals surface area contributed by atoms with Crippen LogP contribution in [0.1, 0.15) is 40.5 Å². The molecule has 74 valence electrons. The standard InChI is InChI=1S/C10H23NO/c1-9(12)5-7-11-8-6-10(2,3)4/h9,11-12H,5-8H2,1-4H3. The van der Waals surface area contributed by atoms with Crippen LogP contribution in [0.3, 0.4) is 0 Å². The Bertz CT molecular complexity index is 105. The average molecular weight is 173 g/mol. The van der Waals surface area contributed by atoms with Gasteiger partial charge in [0.15, 0.2) is 0 Å². The van der Waals surface area contributed by atoms with Crippen molar-refractivity contribution in [1.82, 2.24) is 5.32 Å². The molecule has 0 spiro atoms. The van der Waals surface area contributed by atoms with E-state index >= 15 is 0 Å². The van der Waals surface area contributed by atoms with Crippen molar-refractivity contribution in [3.05, 3.63) is 0 Å². The summed E-state index contributed by atoms with van der Waals surface area (Å²) in [6.45, 7) is 10.5. The summed E-state index contributed by atoms with van der Waals surface area (Å²) in [5, 5.41) is 12.3. The Kier molecular flexibility index (Phi) is 5.51. The normalized spacial score (nSPS) is 14.8. The summed E-state index contributed by atoms with van der Waals surface area (Å²) in [6.07, 6.45) is 1.86. The lowest BCUT2D eigenvalue weighted by atomic mass is 9.92. The van der Waals surface area contributed by atoms with Gasteiger partial charge in [-0.05, 0) is 38.3 Å². The lowest BCUT2D eigenvalue weighted by Gasteiger charge is -2.18. The molecule has 0 rings (SSSR count). The van der Waals surface area contributed by atoms with E-state index in [0.29, 0.717) is 5.41 Å². The van der Waals surface area contributed by atoms with Crippen LogP contribution in [0.2, 0.25) is 0 Å². The number of rotatable bonds is 5. The molecule has 2 heteroatoms. The fraction of sp³-hybridized carbons (Fsp3) is 1.00. The Morgan fingerprint density at radius 2 is 1.83 bits per heavy atom. The van der Waals surface area contributed by atoms with Crippen molar-refractivity contribution in [2.75, 3.05) is 13.1 Å². The maximum absolute atomic E-state index is 8.97. The van der Waals surface area contributed by atoms with E-state index in [1.165, 1.54) is 6.42 Å². The molecule has 2 nitrogen and oxygen atoms in total. The predicted octanol–water partition coefficient (Wildman–Crippen LogP) is 1.78. The van der Waals surface area contributed by atoms with Crippen LogP contribution in [0, 0.1) is 5.41 Å². The van der Waals surface area contributed by atoms with E-state index in [-0.39, 0.29) is 6.10 Å². The minimum absolute atomic E-state index is 0.174. The van der Waals surface area contributed by atoms with Crippen LogP contribution in [0.15, 0.2) is 0 Å². The maximum Gasteiger partial charge on any atom is 0.0524 e. The number of aliphatic hydroxyl groups excluding tert-OH is 1. The highest BCUT2D eigenvalue weighted by atomic mass is 16.3. The second-order valence-corrected chi connectivity index (χ2v) is 4.70. The fourth-order valence-corrected chi connectivity index (χ4v) is 0.899. The quantitative estimate of drug-likeness (QED) is 0.621. The van der Waals surface area contributed by atoms with Crippen LogP contribution in [0.25, 0.3) is 0 Å². The summed E-state index contributed by atoms with van der Waals surface area (Å²) in [4.78, 5) is 0. The Morgan fingerprint density at radius 1 is 1.25 bits per heavy atom. The van der Waals surface area contributed by atoms with E-state index in [1.807, 2.05) is 6.92 Å². The lowest BCUT2D eigenvalue weighted by molar-refractivity contribution is 0.183. The monoisotopic (exact) mass is 173 g/mol. The molecule has 0 bridgehead atoms. The first kappa shape index (κ1) is 11.9. The van der Waals surface area contributed by atoms with Crippen molar-refractivity contribution in [1.29, 1.82) is 0 Å². The predicted molar refractivity (Wildman–Crippen MR) is 53.2 cm³/mol. The van der Waals surface area contributed by atoms with Crippen molar-refractivity contribution < 1.29 is 5.11 Å². The van der Waals surface area contributed by atoms with Crippen LogP contribution in [-0.2, 0) is 0 Å². The number of hydrogen-bond donors (Lipinski definition) is 2. The molecule has 0 aliphatic heterocycles. The Hall–Kier alpha value is -0.0800. The van der Waals surface area contributed by atoms with E-state index in [0.717, 1.165) is 19.5 Å². The topological polar surface area (TPSA) is 32.3 Å². The highest BCUT2D eigenvalue weighted by molar-refractivity contribution is 4.63. The molecule has 2 N–H and O–H groups in total. The van der Waals surface area contributed by atoms with Crippen LogP contribution >= 0.6 is 0 Å². The smallest absolute Gasteiger partial charge is 0.0524 e. The molecule has 0 saturated heterocycles. The average Bonchev–Trinajstić information content (AvgIpc) is 1.83. The molecule has 1 atom stereocenters. The molecule has 0 aliphatic rings. The molecule has 0 saturated carbocycles. The van der Waals surface area contributed by atoms with Crippen molar-refractivity contribution in [2.24, 2.45) is 5.41 Å². The highest BCUT2D eigenvalue weighted by Gasteiger charge is 2.08. The second-order valence-electron chi connectivity index (χ2n) is 4.70. The van der Waals surface area contributed by atoms with Crippen LogP contribution < -0.4 is 5.32 Å². The van der Waals surface area contributed by atoms with Gasteiger partial charge in [-0.1, -0.05) is 20.8 Å². The summed E-state index contributed by atoms with van der Waals surface area (Å²) in [5.74, 6) is 0. The summed E-state index contributed by atoms with van der Waals surface area (Å²) in [6, 6.07) is 0. The van der Waals surface area contributed by atoms with Gasteiger partial charge in [0.1, 0.15) is 0 Å². The van der Waals surface area contributed by atoms with Gasteiger partial charge in [0, 0.05) is 0 Å². The first-order valence-corrected chi connectivity index (χ1v) is 4.80. The van der Waals surface area contributed by atoms with Crippen molar-refractivity contribution in [3.63, 3.8) is 0 Å². The number of hydrogen-bond acceptors (Lipinski definition) is 2. The largest absolute Gasteiger partial charge is 0.393 e. The first-order chi connectivity index (χ1) is 5.42. The van der Waals surface area contributed by atoms with E-state index in [1.54, 1.807) is 0 Å². The fourth-order valence-electron chi connectivity index (χ4n) is 0.899. The van der Waals surface area contributed by atoms with Gasteiger partial charge < -0.3 is 10.4 Å². The molecule has 0 aromatic carbocycles. The van der Waals surface area contributed by atoms with E-state index in [2.05, 4.69) is 26.1 Å². The summed E-state index contributed by atoms with van der Waals surface area (Å²) in [5.41, 5.74) is 0.415. The van der Waals surface area contributed by atoms with Gasteiger partial charge in [0.25, 0.3) is 0 Å². The molecule has 1 unspecified atom stereocenters. The van der Waals surface area contributed by atoms with Crippen molar-refractivity contribution >= 4 is 0 Å². The third-order valence-electron chi connectivity index (χ3n) is 1.79. The third-order valence-corrected chi connectivity index (χ3v) is 1.79. The van der Waals surface area contributed by atoms with E-state index in [4.69, 9.17) is 5.11 Å². The Balaban J connectivity index is 3.12. The number of aliphatic hydroxyl groups is 1. The number of nitrogens with one attached hydrogen (secondary N) is 1. The zero-order valence-corrected chi connectivity index (χ0v) is 8.85. The third kappa shape index (κ3) is 9.92. The molecule has 12 heavy (non-hydrogen) atoms. The van der Waals surface area contributed by atoms with Gasteiger partial charge in [0.2, 0.25) is 0 Å². The van der Waals surface area contributed by atoms with Gasteiger partial charge >= 0.3 is 0 Å². The van der Waals surface area contributed by atoms with Crippen molar-refractivity contribution in [2.45, 2.75) is 46.6 Å². The van der Waals surface area contributed by atoms with Crippen LogP contribution in [0.5, 0.6) is 0 Å². The van der Waals surface area contributed by atoms with Gasteiger partial charge in [0.05, 0.1) is 6.10 Å². The van der Waals surface area contributed by atoms with Crippen LogP contribution in [0.4, 0.5) is 0 Å². The minimum atomic E-state index is -0.174. The van der Waals surface area contributed by atoms with Crippen molar-refractivity contribution in [3.8, 4) is 0 Å². The second kappa shape index (κ2) is 5.55. The zero-order valence-electron chi connectivity index (χ0n) is 8.85. The van der Waals surface area contributed by atoms with Crippen LogP contribution in [-0.4, -0.2) is 24.3 Å². The molecule has 0 heterocycles. The summed E-state index contributed by atoms with van der Waals surface area (Å²) >= 11 is 0. The molecular weight excluding hydrogens is 150 g/mol. The molecule has 0 fully saturated rings. The zero-order chi connectivity index (χ0) is 9.61. The maximum atomic E-state index is 8.97. The Morgan fingerprint density at radius 3 is 2.25 bits per heavy atom. The SMILES string of the molecule is CC(O)CCNCCC(C)(C)C. The molecule has 0 aliphatic carbocycles. The minimum Gasteiger partial charge on any atom is -0.393 e. The van der Waals surface area contributed by atoms with Gasteiger partial charge in [-0.15, -0.1) is 0 Å². The molecular formula is C10H23NO. The van der Waals surface area contributed by atoms with Gasteiger partial charge in [-0.2, -0.15) is 0 Å². The van der Waals surface area contributed by atoms with Gasteiger partial charge in [-0.25, -0.2) is 0 Å². The highest BCUT2D eigenvalue weighted by Crippen LogP contribution is 2.16. The van der Waals surface area contributed by atoms with Gasteiger partial charge in [-0.3, -0.25) is 0 Å². The lowest BCUT2D eigenvalue weighted by Crippen LogP contribution is -2.23. The summed E-state index contributed by atoms with van der Waals surface area (Å²) < 4.78 is 0. The first-order valence-electron chi connectivity index (χ1n) is 4.80. The van der Waals surface area contributed by atoms with E-state index < -0.39 is 0 Å². The summed E-state index contributed by atoms with van der Waals surface area (Å²) in [7, 11) is 0. The molecule has 0 amide bonds. The molecule has 0 aromatic rings. The molecule has 0 radical (unpaired) electrons. The Labute approximate surface area is 76.4 Å². The molecule has 0 aromatic heterocycles.